The van der Waals surface area contributed by atoms with Gasteiger partial charge in [-0.05, 0) is 62.1 Å². The van der Waals surface area contributed by atoms with Gasteiger partial charge in [-0.3, -0.25) is 0 Å². The Bertz CT molecular complexity index is 1550. The zero-order valence-corrected chi connectivity index (χ0v) is 21.8. The van der Waals surface area contributed by atoms with E-state index < -0.39 is 24.5 Å². The Hall–Kier alpha value is -3.41. The summed E-state index contributed by atoms with van der Waals surface area (Å²) < 4.78 is 36.1. The lowest BCUT2D eigenvalue weighted by Gasteiger charge is -2.31. The van der Waals surface area contributed by atoms with Gasteiger partial charge < -0.3 is 19.3 Å². The maximum atomic E-state index is 13.7. The molecule has 2 atom stereocenters. The molecule has 1 N–H and O–H groups in total. The van der Waals surface area contributed by atoms with E-state index in [-0.39, 0.29) is 11.7 Å². The Morgan fingerprint density at radius 2 is 1.92 bits per heavy atom. The highest BCUT2D eigenvalue weighted by Gasteiger charge is 2.45. The number of nitrogens with zero attached hydrogens (tertiary/aromatic N) is 7. The lowest BCUT2D eigenvalue weighted by Crippen LogP contribution is -2.30. The van der Waals surface area contributed by atoms with E-state index in [9.17, 15) is 13.9 Å². The van der Waals surface area contributed by atoms with E-state index in [1.807, 2.05) is 18.2 Å². The van der Waals surface area contributed by atoms with E-state index in [1.54, 1.807) is 30.0 Å². The molecule has 2 unspecified atom stereocenters. The fourth-order valence-corrected chi connectivity index (χ4v) is 5.44. The molecule has 12 heteroatoms. The number of aliphatic hydroxyl groups excluding tert-OH is 1. The fraction of sp³-hybridized carbons (Fsp3) is 0.385. The Balaban J connectivity index is 1.58. The number of aromatic nitrogens is 6. The SMILES string of the molecule is Cc1cc(N2C(O)c3nc(C4=CCOCC4)n(C(C)C)c3C2c2ccc(Cl)cc2)nn2c(C(F)F)nnc12. The Morgan fingerprint density at radius 3 is 2.58 bits per heavy atom. The van der Waals surface area contributed by atoms with Gasteiger partial charge in [-0.15, -0.1) is 15.3 Å². The van der Waals surface area contributed by atoms with Crippen LogP contribution in [0, 0.1) is 6.92 Å². The molecule has 0 aliphatic carbocycles. The number of benzene rings is 1. The highest BCUT2D eigenvalue weighted by atomic mass is 35.5. The molecule has 0 radical (unpaired) electrons. The molecule has 0 amide bonds. The minimum absolute atomic E-state index is 0.0207. The van der Waals surface area contributed by atoms with Crippen molar-refractivity contribution in [1.29, 1.82) is 0 Å². The lowest BCUT2D eigenvalue weighted by molar-refractivity contribution is 0.137. The molecule has 38 heavy (non-hydrogen) atoms. The molecule has 5 heterocycles. The molecule has 0 saturated carbocycles. The van der Waals surface area contributed by atoms with Gasteiger partial charge in [0.1, 0.15) is 17.6 Å². The first-order chi connectivity index (χ1) is 18.3. The summed E-state index contributed by atoms with van der Waals surface area (Å²) in [4.78, 5) is 6.65. The van der Waals surface area contributed by atoms with Gasteiger partial charge in [-0.2, -0.15) is 4.52 Å². The fourth-order valence-electron chi connectivity index (χ4n) is 5.32. The van der Waals surface area contributed by atoms with Crippen LogP contribution in [0.3, 0.4) is 0 Å². The van der Waals surface area contributed by atoms with Crippen LogP contribution in [0.2, 0.25) is 5.02 Å². The Kier molecular flexibility index (Phi) is 6.16. The number of fused-ring (bicyclic) bond motifs is 2. The van der Waals surface area contributed by atoms with E-state index in [1.165, 1.54) is 0 Å². The van der Waals surface area contributed by atoms with Crippen molar-refractivity contribution in [1.82, 2.24) is 29.4 Å². The van der Waals surface area contributed by atoms with Crippen molar-refractivity contribution in [3.05, 3.63) is 75.6 Å². The highest BCUT2D eigenvalue weighted by molar-refractivity contribution is 6.30. The molecule has 0 bridgehead atoms. The van der Waals surface area contributed by atoms with Crippen LogP contribution in [-0.2, 0) is 4.74 Å². The van der Waals surface area contributed by atoms with Gasteiger partial charge in [0.2, 0.25) is 5.82 Å². The van der Waals surface area contributed by atoms with Gasteiger partial charge in [0.05, 0.1) is 18.9 Å². The van der Waals surface area contributed by atoms with Crippen LogP contribution >= 0.6 is 11.6 Å². The van der Waals surface area contributed by atoms with Crippen molar-refractivity contribution in [2.75, 3.05) is 18.1 Å². The molecule has 9 nitrogen and oxygen atoms in total. The van der Waals surface area contributed by atoms with Gasteiger partial charge in [-0.25, -0.2) is 13.8 Å². The minimum atomic E-state index is -2.86. The van der Waals surface area contributed by atoms with Crippen LogP contribution < -0.4 is 4.90 Å². The average molecular weight is 542 g/mol. The zero-order chi connectivity index (χ0) is 26.7. The van der Waals surface area contributed by atoms with Crippen LogP contribution in [0.1, 0.15) is 79.2 Å². The quantitative estimate of drug-likeness (QED) is 0.371. The molecule has 2 aliphatic heterocycles. The predicted molar refractivity (Wildman–Crippen MR) is 137 cm³/mol. The number of rotatable bonds is 5. The maximum absolute atomic E-state index is 13.7. The molecule has 4 aromatic rings. The predicted octanol–water partition coefficient (Wildman–Crippen LogP) is 5.21. The summed E-state index contributed by atoms with van der Waals surface area (Å²) in [5.41, 5.74) is 4.05. The zero-order valence-electron chi connectivity index (χ0n) is 21.0. The number of alkyl halides is 2. The van der Waals surface area contributed by atoms with Crippen LogP contribution in [0.25, 0.3) is 11.2 Å². The molecule has 0 spiro atoms. The molecular formula is C26H26ClF2N7O2. The molecule has 198 valence electrons. The lowest BCUT2D eigenvalue weighted by atomic mass is 10.0. The molecule has 2 aliphatic rings. The van der Waals surface area contributed by atoms with Crippen LogP contribution in [0.15, 0.2) is 36.4 Å². The Morgan fingerprint density at radius 1 is 1.16 bits per heavy atom. The monoisotopic (exact) mass is 541 g/mol. The number of imidazole rings is 1. The number of hydrogen-bond donors (Lipinski definition) is 1. The largest absolute Gasteiger partial charge is 0.377 e. The van der Waals surface area contributed by atoms with Gasteiger partial charge in [0.25, 0.3) is 6.43 Å². The summed E-state index contributed by atoms with van der Waals surface area (Å²) in [5.74, 6) is 0.534. The van der Waals surface area contributed by atoms with E-state index >= 15 is 0 Å². The minimum Gasteiger partial charge on any atom is -0.377 e. The second-order valence-electron chi connectivity index (χ2n) is 9.74. The topological polar surface area (TPSA) is 93.6 Å². The molecular weight excluding hydrogens is 516 g/mol. The van der Waals surface area contributed by atoms with Gasteiger partial charge in [0, 0.05) is 11.1 Å². The first-order valence-electron chi connectivity index (χ1n) is 12.4. The molecule has 6 rings (SSSR count). The molecule has 3 aromatic heterocycles. The second kappa shape index (κ2) is 9.40. The van der Waals surface area contributed by atoms with Crippen molar-refractivity contribution < 1.29 is 18.6 Å². The summed E-state index contributed by atoms with van der Waals surface area (Å²) in [6.07, 6.45) is -1.30. The summed E-state index contributed by atoms with van der Waals surface area (Å²) >= 11 is 6.21. The molecule has 0 saturated heterocycles. The smallest absolute Gasteiger partial charge is 0.299 e. The summed E-state index contributed by atoms with van der Waals surface area (Å²) in [7, 11) is 0. The van der Waals surface area contributed by atoms with Gasteiger partial charge >= 0.3 is 0 Å². The van der Waals surface area contributed by atoms with E-state index in [0.29, 0.717) is 35.3 Å². The summed E-state index contributed by atoms with van der Waals surface area (Å²) in [5, 5.41) is 24.3. The number of anilines is 1. The van der Waals surface area contributed by atoms with E-state index in [0.717, 1.165) is 33.6 Å². The van der Waals surface area contributed by atoms with Crippen LogP contribution in [0.4, 0.5) is 14.6 Å². The van der Waals surface area contributed by atoms with Crippen molar-refractivity contribution in [3.8, 4) is 0 Å². The standard InChI is InChI=1S/C26H26ClF2N7O2/c1-13(2)34-21-19(30-24(34)16-8-10-38-11-9-16)26(37)35(20(21)15-4-6-17(27)7-5-15)18-12-14(3)23-31-32-25(22(28)29)36(23)33-18/h4-8,12-13,20,22,26,37H,9-11H2,1-3H3. The average Bonchev–Trinajstić information content (AvgIpc) is 3.57. The van der Waals surface area contributed by atoms with Gasteiger partial charge in [-0.1, -0.05) is 29.8 Å². The third kappa shape index (κ3) is 3.88. The van der Waals surface area contributed by atoms with Gasteiger partial charge in [0.15, 0.2) is 17.7 Å². The number of halogens is 3. The van der Waals surface area contributed by atoms with Crippen LogP contribution in [0.5, 0.6) is 0 Å². The first kappa shape index (κ1) is 24.9. The Labute approximate surface area is 222 Å². The first-order valence-corrected chi connectivity index (χ1v) is 12.8. The third-order valence-electron chi connectivity index (χ3n) is 7.00. The van der Waals surface area contributed by atoms with Crippen molar-refractivity contribution in [3.63, 3.8) is 0 Å². The normalized spacial score (nSPS) is 19.6. The number of ether oxygens (including phenoxy) is 1. The number of aryl methyl sites for hydroxylation is 1. The van der Waals surface area contributed by atoms with E-state index in [4.69, 9.17) is 21.3 Å². The van der Waals surface area contributed by atoms with Crippen molar-refractivity contribution in [2.45, 2.75) is 51.9 Å². The third-order valence-corrected chi connectivity index (χ3v) is 7.25. The second-order valence-corrected chi connectivity index (χ2v) is 10.2. The van der Waals surface area contributed by atoms with Crippen LogP contribution in [-0.4, -0.2) is 47.7 Å². The van der Waals surface area contributed by atoms with Crippen molar-refractivity contribution >= 4 is 28.6 Å². The molecule has 1 aromatic carbocycles. The summed E-state index contributed by atoms with van der Waals surface area (Å²) in [6, 6.07) is 8.58. The number of aliphatic hydroxyl groups is 1. The molecule has 0 fully saturated rings. The maximum Gasteiger partial charge on any atom is 0.299 e. The number of hydrogen-bond acceptors (Lipinski definition) is 7. The highest BCUT2D eigenvalue weighted by Crippen LogP contribution is 2.48. The summed E-state index contributed by atoms with van der Waals surface area (Å²) in [6.45, 7) is 7.00. The van der Waals surface area contributed by atoms with Crippen molar-refractivity contribution in [2.24, 2.45) is 0 Å². The van der Waals surface area contributed by atoms with E-state index in [2.05, 4.69) is 33.7 Å².